The largest absolute Gasteiger partial charge is 0.394 e. The highest BCUT2D eigenvalue weighted by Gasteiger charge is 2.18. The maximum atomic E-state index is 12.3. The van der Waals surface area contributed by atoms with Gasteiger partial charge in [-0.3, -0.25) is 14.9 Å². The molecule has 8 heteroatoms. The lowest BCUT2D eigenvalue weighted by Crippen LogP contribution is -2.31. The summed E-state index contributed by atoms with van der Waals surface area (Å²) in [6.07, 6.45) is 1.22. The smallest absolute Gasteiger partial charge is 0.288 e. The number of rotatable bonds is 6. The van der Waals surface area contributed by atoms with Crippen LogP contribution < -0.4 is 5.32 Å². The third-order valence-corrected chi connectivity index (χ3v) is 3.85. The number of carbonyl (C=O) groups is 1. The number of amides is 1. The summed E-state index contributed by atoms with van der Waals surface area (Å²) in [6.45, 7) is -0.346. The number of halogens is 1. The molecule has 132 valence electrons. The van der Waals surface area contributed by atoms with Crippen LogP contribution in [0.15, 0.2) is 54.1 Å². The summed E-state index contributed by atoms with van der Waals surface area (Å²) in [7, 11) is 0. The van der Waals surface area contributed by atoms with E-state index in [-0.39, 0.29) is 28.5 Å². The van der Waals surface area contributed by atoms with Crippen LogP contribution in [0.5, 0.6) is 0 Å². The molecule has 2 rings (SSSR count). The number of hydrogen-bond acceptors (Lipinski definition) is 5. The van der Waals surface area contributed by atoms with E-state index >= 15 is 0 Å². The molecule has 0 bridgehead atoms. The van der Waals surface area contributed by atoms with Crippen LogP contribution in [0.2, 0.25) is 5.02 Å². The Morgan fingerprint density at radius 1 is 1.35 bits per heavy atom. The van der Waals surface area contributed by atoms with Gasteiger partial charge in [0.05, 0.1) is 17.6 Å². The zero-order valence-electron chi connectivity index (χ0n) is 13.4. The first-order valence-electron chi connectivity index (χ1n) is 7.48. The lowest BCUT2D eigenvalue weighted by molar-refractivity contribution is -0.384. The molecule has 0 aromatic heterocycles. The van der Waals surface area contributed by atoms with Crippen LogP contribution in [0.25, 0.3) is 6.08 Å². The number of aliphatic hydroxyl groups is 1. The average Bonchev–Trinajstić information content (AvgIpc) is 2.65. The molecule has 0 unspecified atom stereocenters. The molecule has 1 atom stereocenters. The zero-order valence-corrected chi connectivity index (χ0v) is 14.2. The van der Waals surface area contributed by atoms with Crippen LogP contribution >= 0.6 is 11.6 Å². The Hall–Kier alpha value is -3.21. The Kier molecular flexibility index (Phi) is 6.44. The summed E-state index contributed by atoms with van der Waals surface area (Å²) < 4.78 is 0. The molecule has 0 aliphatic carbocycles. The standard InChI is InChI=1S/C18H14ClN3O4/c19-15-7-6-12(9-17(15)22(25)26)8-14(10-20)18(24)21-16(11-23)13-4-2-1-3-5-13/h1-9,16,23H,11H2,(H,21,24)/b14-8+/t16-/m0/s1. The number of carbonyl (C=O) groups excluding carboxylic acids is 1. The second-order valence-electron chi connectivity index (χ2n) is 5.26. The minimum Gasteiger partial charge on any atom is -0.394 e. The number of nitriles is 1. The summed E-state index contributed by atoms with van der Waals surface area (Å²) in [6, 6.07) is 13.8. The van der Waals surface area contributed by atoms with E-state index in [1.54, 1.807) is 36.4 Å². The molecule has 2 aromatic carbocycles. The van der Waals surface area contributed by atoms with Crippen molar-refractivity contribution in [1.29, 1.82) is 5.26 Å². The van der Waals surface area contributed by atoms with Crippen molar-refractivity contribution < 1.29 is 14.8 Å². The molecule has 0 saturated heterocycles. The molecule has 0 spiro atoms. The lowest BCUT2D eigenvalue weighted by atomic mass is 10.1. The normalized spacial score (nSPS) is 12.1. The van der Waals surface area contributed by atoms with Gasteiger partial charge in [-0.25, -0.2) is 0 Å². The number of hydrogen-bond donors (Lipinski definition) is 2. The van der Waals surface area contributed by atoms with E-state index in [1.807, 2.05) is 0 Å². The zero-order chi connectivity index (χ0) is 19.1. The van der Waals surface area contributed by atoms with Gasteiger partial charge >= 0.3 is 0 Å². The number of nitrogens with zero attached hydrogens (tertiary/aromatic N) is 2. The summed E-state index contributed by atoms with van der Waals surface area (Å²) in [5.74, 6) is -0.701. The number of aliphatic hydroxyl groups excluding tert-OH is 1. The van der Waals surface area contributed by atoms with Gasteiger partial charge in [0.25, 0.3) is 11.6 Å². The molecule has 0 heterocycles. The molecule has 2 aromatic rings. The third-order valence-electron chi connectivity index (χ3n) is 3.53. The molecule has 0 aliphatic heterocycles. The monoisotopic (exact) mass is 371 g/mol. The second-order valence-corrected chi connectivity index (χ2v) is 5.66. The van der Waals surface area contributed by atoms with Crippen molar-refractivity contribution in [2.45, 2.75) is 6.04 Å². The Balaban J connectivity index is 2.26. The van der Waals surface area contributed by atoms with Crippen LogP contribution in [0.4, 0.5) is 5.69 Å². The van der Waals surface area contributed by atoms with E-state index in [2.05, 4.69) is 5.32 Å². The Bertz CT molecular complexity index is 891. The quantitative estimate of drug-likeness (QED) is 0.350. The topological polar surface area (TPSA) is 116 Å². The summed E-state index contributed by atoms with van der Waals surface area (Å²) in [5, 5.41) is 32.2. The van der Waals surface area contributed by atoms with Crippen LogP contribution in [-0.4, -0.2) is 22.5 Å². The summed E-state index contributed by atoms with van der Waals surface area (Å²) >= 11 is 5.75. The highest BCUT2D eigenvalue weighted by molar-refractivity contribution is 6.32. The number of benzene rings is 2. The van der Waals surface area contributed by atoms with E-state index in [4.69, 9.17) is 11.6 Å². The van der Waals surface area contributed by atoms with Crippen LogP contribution in [0.3, 0.4) is 0 Å². The highest BCUT2D eigenvalue weighted by Crippen LogP contribution is 2.26. The van der Waals surface area contributed by atoms with E-state index in [0.29, 0.717) is 5.56 Å². The van der Waals surface area contributed by atoms with Crippen molar-refractivity contribution in [2.75, 3.05) is 6.61 Å². The fourth-order valence-electron chi connectivity index (χ4n) is 2.23. The average molecular weight is 372 g/mol. The fourth-order valence-corrected chi connectivity index (χ4v) is 2.42. The Morgan fingerprint density at radius 2 is 2.04 bits per heavy atom. The van der Waals surface area contributed by atoms with E-state index in [0.717, 1.165) is 0 Å². The van der Waals surface area contributed by atoms with Crippen LogP contribution in [0, 0.1) is 21.4 Å². The second kappa shape index (κ2) is 8.76. The van der Waals surface area contributed by atoms with Crippen LogP contribution in [0.1, 0.15) is 17.2 Å². The van der Waals surface area contributed by atoms with Crippen molar-refractivity contribution in [1.82, 2.24) is 5.32 Å². The predicted octanol–water partition coefficient (Wildman–Crippen LogP) is 3.00. The van der Waals surface area contributed by atoms with Gasteiger partial charge in [0.2, 0.25) is 0 Å². The lowest BCUT2D eigenvalue weighted by Gasteiger charge is -2.16. The molecule has 2 N–H and O–H groups in total. The maximum Gasteiger partial charge on any atom is 0.288 e. The van der Waals surface area contributed by atoms with Gasteiger partial charge in [-0.15, -0.1) is 0 Å². The molecule has 0 radical (unpaired) electrons. The van der Waals surface area contributed by atoms with Crippen molar-refractivity contribution in [3.8, 4) is 6.07 Å². The summed E-state index contributed by atoms with van der Waals surface area (Å²) in [5.41, 5.74) is 0.391. The molecular weight excluding hydrogens is 358 g/mol. The minimum absolute atomic E-state index is 0.0421. The molecule has 0 fully saturated rings. The van der Waals surface area contributed by atoms with E-state index in [9.17, 15) is 25.3 Å². The predicted molar refractivity (Wildman–Crippen MR) is 96.1 cm³/mol. The fraction of sp³-hybridized carbons (Fsp3) is 0.111. The molecule has 7 nitrogen and oxygen atoms in total. The minimum atomic E-state index is -0.701. The summed E-state index contributed by atoms with van der Waals surface area (Å²) in [4.78, 5) is 22.6. The van der Waals surface area contributed by atoms with Crippen LogP contribution in [-0.2, 0) is 4.79 Å². The molecule has 1 amide bonds. The van der Waals surface area contributed by atoms with Gasteiger partial charge in [-0.1, -0.05) is 48.0 Å². The molecular formula is C18H14ClN3O4. The molecule has 0 saturated carbocycles. The van der Waals surface area contributed by atoms with Gasteiger partial charge in [0.15, 0.2) is 0 Å². The first-order chi connectivity index (χ1) is 12.5. The number of nitrogens with one attached hydrogen (secondary N) is 1. The van der Waals surface area contributed by atoms with Gasteiger partial charge in [0.1, 0.15) is 16.7 Å². The molecule has 26 heavy (non-hydrogen) atoms. The van der Waals surface area contributed by atoms with Gasteiger partial charge in [0, 0.05) is 6.07 Å². The van der Waals surface area contributed by atoms with E-state index < -0.39 is 16.9 Å². The first-order valence-corrected chi connectivity index (χ1v) is 7.86. The number of nitro groups is 1. The van der Waals surface area contributed by atoms with Crippen molar-refractivity contribution >= 4 is 29.3 Å². The van der Waals surface area contributed by atoms with Crippen molar-refractivity contribution in [3.63, 3.8) is 0 Å². The van der Waals surface area contributed by atoms with E-state index in [1.165, 1.54) is 24.3 Å². The van der Waals surface area contributed by atoms with Gasteiger partial charge in [-0.05, 0) is 23.3 Å². The SMILES string of the molecule is N#C/C(=C\c1ccc(Cl)c([N+](=O)[O-])c1)C(=O)N[C@@H](CO)c1ccccc1. The Labute approximate surface area is 154 Å². The first kappa shape index (κ1) is 19.1. The number of nitro benzene ring substituents is 1. The van der Waals surface area contributed by atoms with Gasteiger partial charge in [-0.2, -0.15) is 5.26 Å². The van der Waals surface area contributed by atoms with Crippen molar-refractivity contribution in [2.24, 2.45) is 0 Å². The van der Waals surface area contributed by atoms with Gasteiger partial charge < -0.3 is 10.4 Å². The molecule has 0 aliphatic rings. The third kappa shape index (κ3) is 4.66. The van der Waals surface area contributed by atoms with Crippen molar-refractivity contribution in [3.05, 3.63) is 80.4 Å². The Morgan fingerprint density at radius 3 is 2.62 bits per heavy atom. The maximum absolute atomic E-state index is 12.3. The highest BCUT2D eigenvalue weighted by atomic mass is 35.5.